The normalized spacial score (nSPS) is 16.5. The van der Waals surface area contributed by atoms with Crippen LogP contribution in [0.4, 0.5) is 34.1 Å². The fraction of sp³-hybridized carbons (Fsp3) is 0.0824. The van der Waals surface area contributed by atoms with Gasteiger partial charge in [0, 0.05) is 54.3 Å². The lowest BCUT2D eigenvalue weighted by Crippen LogP contribution is -2.44. The van der Waals surface area contributed by atoms with E-state index in [1.54, 1.807) is 0 Å². The number of hydrogen-bond acceptors (Lipinski definition) is 4. The first-order valence-corrected chi connectivity index (χ1v) is 31.2. The standard InChI is InChI=1S/C85H60N2O2/c1-53-27-7-8-30-55(53)57-32-16-22-46-73(57)87(75-48-26-42-65-61-36-18-24-50-79(61)89-83(65)75)77-52-71-81(63-38-12-10-34-59(63)77)67-40-14-20-44-69(67)85(71,3)84(2)68-43-19-13-39-66(68)80-62-37-11-9-33-58(62)76(51-70(80)84)86(72-45-21-15-31-56(72)54-28-5-4-6-29-54)74-47-25-41-64-60-35-17-23-49-78(60)88-82(64)74/h4-5,7-28,30-52H,6,29H2,1-3H3. The zero-order valence-corrected chi connectivity index (χ0v) is 49.8. The van der Waals surface area contributed by atoms with Gasteiger partial charge in [-0.15, -0.1) is 0 Å². The number of aryl methyl sites for hydroxylation is 1. The molecule has 0 radical (unpaired) electrons. The van der Waals surface area contributed by atoms with Crippen LogP contribution in [0, 0.1) is 6.92 Å². The zero-order valence-electron chi connectivity index (χ0n) is 49.8. The molecule has 0 bridgehead atoms. The summed E-state index contributed by atoms with van der Waals surface area (Å²) >= 11 is 0. The van der Waals surface area contributed by atoms with E-state index >= 15 is 0 Å². The Morgan fingerprint density at radius 2 is 0.719 bits per heavy atom. The molecule has 4 nitrogen and oxygen atoms in total. The molecule has 422 valence electrons. The Balaban J connectivity index is 0.954. The van der Waals surface area contributed by atoms with Crippen LogP contribution in [0.15, 0.2) is 294 Å². The second-order valence-electron chi connectivity index (χ2n) is 24.8. The van der Waals surface area contributed by atoms with E-state index < -0.39 is 10.8 Å². The van der Waals surface area contributed by atoms with Gasteiger partial charge in [-0.25, -0.2) is 0 Å². The minimum absolute atomic E-state index is 0.686. The first-order chi connectivity index (χ1) is 43.9. The van der Waals surface area contributed by atoms with Gasteiger partial charge in [0.15, 0.2) is 11.2 Å². The van der Waals surface area contributed by atoms with Crippen LogP contribution in [0.1, 0.15) is 60.1 Å². The molecule has 2 heterocycles. The maximum absolute atomic E-state index is 7.10. The molecule has 15 aromatic rings. The van der Waals surface area contributed by atoms with Crippen LogP contribution < -0.4 is 9.80 Å². The Hall–Kier alpha value is -10.9. The highest BCUT2D eigenvalue weighted by Crippen LogP contribution is 2.68. The third kappa shape index (κ3) is 7.23. The Kier molecular flexibility index (Phi) is 11.3. The molecule has 0 amide bonds. The predicted octanol–water partition coefficient (Wildman–Crippen LogP) is 23.7. The van der Waals surface area contributed by atoms with Gasteiger partial charge in [-0.2, -0.15) is 0 Å². The van der Waals surface area contributed by atoms with Crippen molar-refractivity contribution in [3.05, 3.63) is 319 Å². The fourth-order valence-corrected chi connectivity index (χ4v) is 16.2. The molecule has 89 heavy (non-hydrogen) atoms. The summed E-state index contributed by atoms with van der Waals surface area (Å²) in [5, 5.41) is 9.09. The van der Waals surface area contributed by atoms with Gasteiger partial charge in [0.25, 0.3) is 0 Å². The van der Waals surface area contributed by atoms with E-state index in [0.29, 0.717) is 0 Å². The van der Waals surface area contributed by atoms with Gasteiger partial charge in [0.2, 0.25) is 0 Å². The van der Waals surface area contributed by atoms with Gasteiger partial charge in [-0.05, 0) is 140 Å². The van der Waals surface area contributed by atoms with Crippen molar-refractivity contribution in [1.29, 1.82) is 0 Å². The van der Waals surface area contributed by atoms with Crippen LogP contribution in [0.5, 0.6) is 0 Å². The van der Waals surface area contributed by atoms with Gasteiger partial charge in [-0.3, -0.25) is 0 Å². The van der Waals surface area contributed by atoms with Gasteiger partial charge in [0.1, 0.15) is 11.2 Å². The van der Waals surface area contributed by atoms with Gasteiger partial charge in [-0.1, -0.05) is 250 Å². The maximum atomic E-state index is 7.10. The Morgan fingerprint density at radius 1 is 0.326 bits per heavy atom. The molecule has 2 aromatic heterocycles. The van der Waals surface area contributed by atoms with E-state index in [4.69, 9.17) is 8.83 Å². The minimum Gasteiger partial charge on any atom is -0.454 e. The predicted molar refractivity (Wildman–Crippen MR) is 372 cm³/mol. The molecule has 2 atom stereocenters. The monoisotopic (exact) mass is 1140 g/mol. The quantitative estimate of drug-likeness (QED) is 0.144. The summed E-state index contributed by atoms with van der Waals surface area (Å²) in [7, 11) is 0. The zero-order chi connectivity index (χ0) is 59.1. The number of allylic oxidation sites excluding steroid dienone is 4. The van der Waals surface area contributed by atoms with E-state index in [1.165, 1.54) is 82.9 Å². The molecule has 4 heteroatoms. The van der Waals surface area contributed by atoms with Crippen LogP contribution in [-0.4, -0.2) is 0 Å². The Labute approximate surface area is 517 Å². The number of para-hydroxylation sites is 6. The first-order valence-electron chi connectivity index (χ1n) is 31.2. The third-order valence-electron chi connectivity index (χ3n) is 20.4. The summed E-state index contributed by atoms with van der Waals surface area (Å²) in [6.07, 6.45) is 8.75. The van der Waals surface area contributed by atoms with Gasteiger partial charge in [0.05, 0.1) is 34.1 Å². The highest BCUT2D eigenvalue weighted by molar-refractivity contribution is 6.18. The summed E-state index contributed by atoms with van der Waals surface area (Å²) in [6.45, 7) is 7.35. The van der Waals surface area contributed by atoms with Crippen molar-refractivity contribution in [1.82, 2.24) is 0 Å². The lowest BCUT2D eigenvalue weighted by molar-refractivity contribution is 0.376. The van der Waals surface area contributed by atoms with E-state index in [2.05, 4.69) is 316 Å². The molecule has 3 aliphatic rings. The number of nitrogens with zero attached hydrogens (tertiary/aromatic N) is 2. The largest absolute Gasteiger partial charge is 0.454 e. The van der Waals surface area contributed by atoms with E-state index in [1.807, 2.05) is 0 Å². The molecule has 0 fully saturated rings. The van der Waals surface area contributed by atoms with Crippen molar-refractivity contribution in [2.75, 3.05) is 9.80 Å². The molecule has 2 unspecified atom stereocenters. The molecule has 0 saturated carbocycles. The molecule has 0 aliphatic heterocycles. The van der Waals surface area contributed by atoms with Crippen molar-refractivity contribution in [3.8, 4) is 33.4 Å². The highest BCUT2D eigenvalue weighted by atomic mass is 16.3. The van der Waals surface area contributed by atoms with Crippen molar-refractivity contribution in [2.24, 2.45) is 0 Å². The van der Waals surface area contributed by atoms with Crippen LogP contribution in [0.25, 0.3) is 104 Å². The first kappa shape index (κ1) is 51.3. The van der Waals surface area contributed by atoms with Gasteiger partial charge < -0.3 is 18.6 Å². The molecular formula is C85H60N2O2. The van der Waals surface area contributed by atoms with Crippen LogP contribution >= 0.6 is 0 Å². The second kappa shape index (κ2) is 19.5. The Bertz CT molecular complexity index is 5540. The average Bonchev–Trinajstić information content (AvgIpc) is 1.51. The van der Waals surface area contributed by atoms with Crippen LogP contribution in [0.3, 0.4) is 0 Å². The fourth-order valence-electron chi connectivity index (χ4n) is 16.2. The molecule has 13 aromatic carbocycles. The molecule has 0 spiro atoms. The smallest absolute Gasteiger partial charge is 0.159 e. The minimum atomic E-state index is -0.688. The summed E-state index contributed by atoms with van der Waals surface area (Å²) in [6, 6.07) is 99.1. The number of hydrogen-bond donors (Lipinski definition) is 0. The number of furan rings is 2. The summed E-state index contributed by atoms with van der Waals surface area (Å²) < 4.78 is 14.2. The summed E-state index contributed by atoms with van der Waals surface area (Å²) in [4.78, 5) is 5.06. The SMILES string of the molecule is Cc1ccccc1-c1ccccc1N(c1cc2c(c3ccccc13)-c1ccccc1C2(C)C1(C)c2ccccc2-c2c1cc(N(c1ccccc1C1=CC=CCC1)c1cccc3c1oc1ccccc13)c1ccccc21)c1cccc2c1oc1ccccc12. The summed E-state index contributed by atoms with van der Waals surface area (Å²) in [5.41, 5.74) is 24.6. The lowest BCUT2D eigenvalue weighted by Gasteiger charge is -2.46. The van der Waals surface area contributed by atoms with E-state index in [9.17, 15) is 0 Å². The summed E-state index contributed by atoms with van der Waals surface area (Å²) in [5.74, 6) is 0. The average molecular weight is 1140 g/mol. The molecule has 0 saturated heterocycles. The molecule has 3 aliphatic carbocycles. The topological polar surface area (TPSA) is 32.8 Å². The molecule has 0 N–H and O–H groups in total. The number of fused-ring (bicyclic) bond motifs is 16. The Morgan fingerprint density at radius 3 is 1.22 bits per heavy atom. The van der Waals surface area contributed by atoms with Crippen molar-refractivity contribution < 1.29 is 8.83 Å². The second-order valence-corrected chi connectivity index (χ2v) is 24.8. The van der Waals surface area contributed by atoms with Gasteiger partial charge >= 0.3 is 0 Å². The van der Waals surface area contributed by atoms with E-state index in [0.717, 1.165) is 102 Å². The number of rotatable bonds is 9. The van der Waals surface area contributed by atoms with Crippen LogP contribution in [-0.2, 0) is 10.8 Å². The van der Waals surface area contributed by atoms with Crippen LogP contribution in [0.2, 0.25) is 0 Å². The number of benzene rings is 13. The van der Waals surface area contributed by atoms with E-state index in [-0.39, 0.29) is 0 Å². The number of anilines is 6. The molecule has 18 rings (SSSR count). The highest BCUT2D eigenvalue weighted by Gasteiger charge is 2.58. The third-order valence-corrected chi connectivity index (χ3v) is 20.4. The van der Waals surface area contributed by atoms with Crippen molar-refractivity contribution in [2.45, 2.75) is 44.4 Å². The van der Waals surface area contributed by atoms with Crippen molar-refractivity contribution >= 4 is 105 Å². The lowest BCUT2D eigenvalue weighted by atomic mass is 9.56. The molecular weight excluding hydrogens is 1080 g/mol. The maximum Gasteiger partial charge on any atom is 0.159 e. The van der Waals surface area contributed by atoms with Crippen molar-refractivity contribution in [3.63, 3.8) is 0 Å².